The Morgan fingerprint density at radius 3 is 2.70 bits per heavy atom. The maximum absolute atomic E-state index is 5.68. The first-order valence-electron chi connectivity index (χ1n) is 8.46. The van der Waals surface area contributed by atoms with Crippen LogP contribution in [0.15, 0.2) is 0 Å². The summed E-state index contributed by atoms with van der Waals surface area (Å²) in [7, 11) is 4.17. The maximum Gasteiger partial charge on any atom is 0.0593 e. The van der Waals surface area contributed by atoms with Crippen molar-refractivity contribution in [3.8, 4) is 0 Å². The van der Waals surface area contributed by atoms with E-state index in [0.29, 0.717) is 6.04 Å². The van der Waals surface area contributed by atoms with Gasteiger partial charge in [0.25, 0.3) is 0 Å². The fourth-order valence-electron chi connectivity index (χ4n) is 3.64. The molecule has 3 atom stereocenters. The molecule has 2 fully saturated rings. The standard InChI is InChI=1S/C16H33N3O/c1-19(2)11-13-20-12-10-18-15-7-4-3-6-14(15)16-8-5-9-17-16/h14-18H,3-13H2,1-2H3. The van der Waals surface area contributed by atoms with Crippen molar-refractivity contribution in [2.75, 3.05) is 46.9 Å². The van der Waals surface area contributed by atoms with Gasteiger partial charge in [0.05, 0.1) is 13.2 Å². The number of rotatable bonds is 8. The summed E-state index contributed by atoms with van der Waals surface area (Å²) in [5.74, 6) is 0.841. The van der Waals surface area contributed by atoms with Crippen LogP contribution in [0.2, 0.25) is 0 Å². The van der Waals surface area contributed by atoms with Gasteiger partial charge in [-0.15, -0.1) is 0 Å². The van der Waals surface area contributed by atoms with E-state index in [1.165, 1.54) is 45.1 Å². The minimum atomic E-state index is 0.705. The van der Waals surface area contributed by atoms with Crippen LogP contribution < -0.4 is 10.6 Å². The quantitative estimate of drug-likeness (QED) is 0.661. The van der Waals surface area contributed by atoms with Gasteiger partial charge >= 0.3 is 0 Å². The summed E-state index contributed by atoms with van der Waals surface area (Å²) < 4.78 is 5.68. The van der Waals surface area contributed by atoms with E-state index in [9.17, 15) is 0 Å². The second-order valence-electron chi connectivity index (χ2n) is 6.63. The van der Waals surface area contributed by atoms with E-state index in [1.54, 1.807) is 0 Å². The highest BCUT2D eigenvalue weighted by molar-refractivity contribution is 4.91. The summed E-state index contributed by atoms with van der Waals surface area (Å²) in [5.41, 5.74) is 0. The first-order chi connectivity index (χ1) is 9.77. The second kappa shape index (κ2) is 8.98. The fraction of sp³-hybridized carbons (Fsp3) is 1.00. The normalized spacial score (nSPS) is 31.1. The van der Waals surface area contributed by atoms with Gasteiger partial charge in [0.15, 0.2) is 0 Å². The first-order valence-corrected chi connectivity index (χ1v) is 8.46. The molecule has 0 aromatic rings. The summed E-state index contributed by atoms with van der Waals surface area (Å²) in [6, 6.07) is 1.47. The molecule has 0 bridgehead atoms. The molecule has 2 N–H and O–H groups in total. The molecule has 1 aliphatic carbocycles. The van der Waals surface area contributed by atoms with Crippen LogP contribution in [0.25, 0.3) is 0 Å². The molecular weight excluding hydrogens is 250 g/mol. The molecule has 4 heteroatoms. The van der Waals surface area contributed by atoms with E-state index in [0.717, 1.165) is 38.3 Å². The highest BCUT2D eigenvalue weighted by Crippen LogP contribution is 2.30. The van der Waals surface area contributed by atoms with Crippen LogP contribution in [0.1, 0.15) is 38.5 Å². The van der Waals surface area contributed by atoms with E-state index in [-0.39, 0.29) is 0 Å². The van der Waals surface area contributed by atoms with Gasteiger partial charge in [-0.1, -0.05) is 12.8 Å². The number of nitrogens with zero attached hydrogens (tertiary/aromatic N) is 1. The van der Waals surface area contributed by atoms with Gasteiger partial charge in [-0.2, -0.15) is 0 Å². The number of hydrogen-bond acceptors (Lipinski definition) is 4. The molecule has 1 aliphatic heterocycles. The van der Waals surface area contributed by atoms with Crippen LogP contribution in [0.3, 0.4) is 0 Å². The SMILES string of the molecule is CN(C)CCOCCNC1CCCCC1C1CCCN1. The Morgan fingerprint density at radius 1 is 1.10 bits per heavy atom. The zero-order chi connectivity index (χ0) is 14.2. The van der Waals surface area contributed by atoms with Gasteiger partial charge in [-0.3, -0.25) is 0 Å². The van der Waals surface area contributed by atoms with Gasteiger partial charge < -0.3 is 20.3 Å². The molecule has 0 aromatic heterocycles. The summed E-state index contributed by atoms with van der Waals surface area (Å²) in [4.78, 5) is 2.16. The van der Waals surface area contributed by atoms with Crippen molar-refractivity contribution in [3.63, 3.8) is 0 Å². The van der Waals surface area contributed by atoms with Crippen LogP contribution in [0, 0.1) is 5.92 Å². The van der Waals surface area contributed by atoms with Crippen molar-refractivity contribution in [2.45, 2.75) is 50.6 Å². The van der Waals surface area contributed by atoms with Crippen LogP contribution in [0.4, 0.5) is 0 Å². The molecule has 3 unspecified atom stereocenters. The lowest BCUT2D eigenvalue weighted by molar-refractivity contribution is 0.111. The fourth-order valence-corrected chi connectivity index (χ4v) is 3.64. The van der Waals surface area contributed by atoms with E-state index >= 15 is 0 Å². The lowest BCUT2D eigenvalue weighted by atomic mass is 9.79. The van der Waals surface area contributed by atoms with Crippen molar-refractivity contribution in [3.05, 3.63) is 0 Å². The third kappa shape index (κ3) is 5.32. The molecule has 0 radical (unpaired) electrons. The summed E-state index contributed by atoms with van der Waals surface area (Å²) in [6.45, 7) is 4.92. The molecule has 2 aliphatic rings. The van der Waals surface area contributed by atoms with E-state index < -0.39 is 0 Å². The molecule has 1 saturated heterocycles. The van der Waals surface area contributed by atoms with Gasteiger partial charge in [-0.25, -0.2) is 0 Å². The predicted octanol–water partition coefficient (Wildman–Crippen LogP) is 1.47. The average molecular weight is 283 g/mol. The van der Waals surface area contributed by atoms with Crippen LogP contribution in [-0.2, 0) is 4.74 Å². The van der Waals surface area contributed by atoms with Crippen molar-refractivity contribution < 1.29 is 4.74 Å². The topological polar surface area (TPSA) is 36.5 Å². The van der Waals surface area contributed by atoms with Crippen molar-refractivity contribution in [2.24, 2.45) is 5.92 Å². The molecule has 2 rings (SSSR count). The zero-order valence-electron chi connectivity index (χ0n) is 13.4. The van der Waals surface area contributed by atoms with Crippen molar-refractivity contribution in [1.82, 2.24) is 15.5 Å². The zero-order valence-corrected chi connectivity index (χ0v) is 13.4. The van der Waals surface area contributed by atoms with E-state index in [2.05, 4.69) is 29.6 Å². The number of hydrogen-bond donors (Lipinski definition) is 2. The molecule has 4 nitrogen and oxygen atoms in total. The Labute approximate surface area is 124 Å². The Balaban J connectivity index is 1.62. The summed E-state index contributed by atoms with van der Waals surface area (Å²) in [6.07, 6.45) is 8.30. The Morgan fingerprint density at radius 2 is 1.95 bits per heavy atom. The highest BCUT2D eigenvalue weighted by atomic mass is 16.5. The number of ether oxygens (including phenoxy) is 1. The monoisotopic (exact) mass is 283 g/mol. The Bertz CT molecular complexity index is 254. The molecular formula is C16H33N3O. The van der Waals surface area contributed by atoms with Crippen molar-refractivity contribution in [1.29, 1.82) is 0 Å². The number of likely N-dealkylation sites (N-methyl/N-ethyl adjacent to an activating group) is 1. The van der Waals surface area contributed by atoms with E-state index in [1.807, 2.05) is 0 Å². The third-order valence-corrected chi connectivity index (χ3v) is 4.77. The molecule has 0 spiro atoms. The molecule has 1 heterocycles. The molecule has 0 amide bonds. The molecule has 1 saturated carbocycles. The van der Waals surface area contributed by atoms with Crippen LogP contribution in [0.5, 0.6) is 0 Å². The van der Waals surface area contributed by atoms with Crippen LogP contribution >= 0.6 is 0 Å². The first kappa shape index (κ1) is 16.2. The third-order valence-electron chi connectivity index (χ3n) is 4.77. The second-order valence-corrected chi connectivity index (χ2v) is 6.63. The molecule has 0 aromatic carbocycles. The molecule has 118 valence electrons. The molecule has 20 heavy (non-hydrogen) atoms. The van der Waals surface area contributed by atoms with Gasteiger partial charge in [0.1, 0.15) is 0 Å². The minimum absolute atomic E-state index is 0.705. The summed E-state index contributed by atoms with van der Waals surface area (Å²) in [5, 5.41) is 7.46. The van der Waals surface area contributed by atoms with Crippen molar-refractivity contribution >= 4 is 0 Å². The maximum atomic E-state index is 5.68. The van der Waals surface area contributed by atoms with Gasteiger partial charge in [-0.05, 0) is 52.2 Å². The minimum Gasteiger partial charge on any atom is -0.379 e. The Kier molecular flexibility index (Phi) is 7.28. The average Bonchev–Trinajstić information content (AvgIpc) is 2.97. The Hall–Kier alpha value is -0.160. The number of nitrogens with one attached hydrogen (secondary N) is 2. The van der Waals surface area contributed by atoms with E-state index in [4.69, 9.17) is 4.74 Å². The van der Waals surface area contributed by atoms with Gasteiger partial charge in [0.2, 0.25) is 0 Å². The lowest BCUT2D eigenvalue weighted by Crippen LogP contribution is -2.47. The lowest BCUT2D eigenvalue weighted by Gasteiger charge is -2.36. The van der Waals surface area contributed by atoms with Gasteiger partial charge in [0, 0.05) is 25.2 Å². The smallest absolute Gasteiger partial charge is 0.0593 e. The predicted molar refractivity (Wildman–Crippen MR) is 84.1 cm³/mol. The largest absolute Gasteiger partial charge is 0.379 e. The summed E-state index contributed by atoms with van der Waals surface area (Å²) >= 11 is 0. The highest BCUT2D eigenvalue weighted by Gasteiger charge is 2.32. The van der Waals surface area contributed by atoms with Crippen LogP contribution in [-0.4, -0.2) is 63.9 Å².